The van der Waals surface area contributed by atoms with Crippen molar-refractivity contribution >= 4 is 17.2 Å². The second-order valence-electron chi connectivity index (χ2n) is 4.55. The molecule has 1 aliphatic carbocycles. The van der Waals surface area contributed by atoms with E-state index in [0.29, 0.717) is 0 Å². The van der Waals surface area contributed by atoms with E-state index in [0.717, 1.165) is 23.7 Å². The van der Waals surface area contributed by atoms with Crippen LogP contribution >= 0.6 is 12.2 Å². The van der Waals surface area contributed by atoms with Gasteiger partial charge in [0.1, 0.15) is 0 Å². The van der Waals surface area contributed by atoms with Crippen LogP contribution in [0.2, 0.25) is 0 Å². The van der Waals surface area contributed by atoms with Crippen molar-refractivity contribution in [2.45, 2.75) is 52.9 Å². The van der Waals surface area contributed by atoms with Crippen molar-refractivity contribution in [2.24, 2.45) is 5.92 Å². The van der Waals surface area contributed by atoms with E-state index in [1.807, 2.05) is 13.0 Å². The summed E-state index contributed by atoms with van der Waals surface area (Å²) in [5, 5.41) is 3.25. The average Bonchev–Trinajstić information content (AvgIpc) is 2.39. The molecule has 1 rings (SSSR count). The van der Waals surface area contributed by atoms with E-state index >= 15 is 0 Å². The molecule has 18 heavy (non-hydrogen) atoms. The maximum atomic E-state index is 5.04. The Morgan fingerprint density at radius 1 is 1.50 bits per heavy atom. The van der Waals surface area contributed by atoms with Gasteiger partial charge in [0.25, 0.3) is 0 Å². The summed E-state index contributed by atoms with van der Waals surface area (Å²) in [6.07, 6.45) is 14.6. The fraction of sp³-hybridized carbons (Fsp3) is 0.562. The predicted molar refractivity (Wildman–Crippen MR) is 86.8 cm³/mol. The zero-order valence-corrected chi connectivity index (χ0v) is 12.9. The van der Waals surface area contributed by atoms with Crippen molar-refractivity contribution < 1.29 is 0 Å². The van der Waals surface area contributed by atoms with Crippen LogP contribution in [0.15, 0.2) is 36.6 Å². The Morgan fingerprint density at radius 2 is 2.17 bits per heavy atom. The molecule has 0 aromatic carbocycles. The molecule has 0 aromatic heterocycles. The lowest BCUT2D eigenvalue weighted by molar-refractivity contribution is 0.470. The molecule has 0 spiro atoms. The molecule has 1 N–H and O–H groups in total. The summed E-state index contributed by atoms with van der Waals surface area (Å²) >= 11 is 5.04. The molecule has 1 nitrogen and oxygen atoms in total. The molecule has 0 aliphatic heterocycles. The van der Waals surface area contributed by atoms with Gasteiger partial charge in [-0.25, -0.2) is 0 Å². The summed E-state index contributed by atoms with van der Waals surface area (Å²) in [5.74, 6) is 0.799. The van der Waals surface area contributed by atoms with Crippen LogP contribution in [0.25, 0.3) is 0 Å². The van der Waals surface area contributed by atoms with Gasteiger partial charge in [0.15, 0.2) is 0 Å². The second kappa shape index (κ2) is 11.2. The molecule has 0 radical (unpaired) electrons. The van der Waals surface area contributed by atoms with Crippen LogP contribution in [0.3, 0.4) is 0 Å². The van der Waals surface area contributed by atoms with Gasteiger partial charge in [0, 0.05) is 5.70 Å². The lowest BCUT2D eigenvalue weighted by atomic mass is 9.90. The first kappa shape index (κ1) is 17.1. The van der Waals surface area contributed by atoms with E-state index in [4.69, 9.17) is 12.2 Å². The molecule has 0 fully saturated rings. The van der Waals surface area contributed by atoms with Gasteiger partial charge in [0.2, 0.25) is 0 Å². The maximum absolute atomic E-state index is 5.04. The normalized spacial score (nSPS) is 18.6. The highest BCUT2D eigenvalue weighted by Crippen LogP contribution is 2.23. The van der Waals surface area contributed by atoms with Crippen LogP contribution in [0.1, 0.15) is 52.9 Å². The van der Waals surface area contributed by atoms with Gasteiger partial charge >= 0.3 is 0 Å². The lowest BCUT2D eigenvalue weighted by Gasteiger charge is -2.19. The molecule has 0 amide bonds. The number of allylic oxidation sites excluding steroid dienone is 5. The largest absolute Gasteiger partial charge is 0.354 e. The molecule has 0 heterocycles. The highest BCUT2D eigenvalue weighted by atomic mass is 32.1. The van der Waals surface area contributed by atoms with Gasteiger partial charge in [-0.2, -0.15) is 0 Å². The van der Waals surface area contributed by atoms with Crippen LogP contribution in [-0.2, 0) is 0 Å². The third-order valence-corrected chi connectivity index (χ3v) is 2.96. The van der Waals surface area contributed by atoms with Gasteiger partial charge < -0.3 is 5.32 Å². The van der Waals surface area contributed by atoms with Gasteiger partial charge in [-0.05, 0) is 51.9 Å². The number of nitrogens with one attached hydrogen (secondary N) is 1. The minimum atomic E-state index is 0.799. The van der Waals surface area contributed by atoms with E-state index in [1.165, 1.54) is 25.0 Å². The van der Waals surface area contributed by atoms with Crippen molar-refractivity contribution in [1.29, 1.82) is 0 Å². The van der Waals surface area contributed by atoms with E-state index in [9.17, 15) is 0 Å². The molecule has 1 aliphatic rings. The maximum Gasteiger partial charge on any atom is 0.0763 e. The number of hydrogen-bond acceptors (Lipinski definition) is 1. The first-order valence-electron chi connectivity index (χ1n) is 6.82. The Morgan fingerprint density at radius 3 is 2.56 bits per heavy atom. The van der Waals surface area contributed by atoms with Gasteiger partial charge in [-0.15, -0.1) is 6.58 Å². The van der Waals surface area contributed by atoms with E-state index in [1.54, 1.807) is 0 Å². The Kier molecular flexibility index (Phi) is 10.7. The van der Waals surface area contributed by atoms with Crippen LogP contribution in [0, 0.1) is 5.92 Å². The predicted octanol–water partition coefficient (Wildman–Crippen LogP) is 5.16. The number of thiocarbonyl (C=S) groups is 1. The summed E-state index contributed by atoms with van der Waals surface area (Å²) in [4.78, 5) is 0.865. The molecule has 1 unspecified atom stereocenters. The zero-order chi connectivity index (χ0) is 13.8. The van der Waals surface area contributed by atoms with Crippen molar-refractivity contribution in [3.63, 3.8) is 0 Å². The van der Waals surface area contributed by atoms with Gasteiger partial charge in [-0.3, -0.25) is 0 Å². The minimum absolute atomic E-state index is 0.799. The second-order valence-corrected chi connectivity index (χ2v) is 5.16. The number of rotatable bonds is 4. The Balaban J connectivity index is 0.000000631. The Hall–Kier alpha value is -0.890. The highest BCUT2D eigenvalue weighted by Gasteiger charge is 2.11. The Labute approximate surface area is 118 Å². The molecule has 1 atom stereocenters. The number of hydrogen-bond donors (Lipinski definition) is 1. The minimum Gasteiger partial charge on any atom is -0.354 e. The first-order chi connectivity index (χ1) is 8.63. The SMILES string of the molecule is C/C=C(/CC1CC=CCC1)NC(C)=S.C=CCC. The summed E-state index contributed by atoms with van der Waals surface area (Å²) < 4.78 is 0. The van der Waals surface area contributed by atoms with E-state index in [-0.39, 0.29) is 0 Å². The third-order valence-electron chi connectivity index (χ3n) is 2.86. The highest BCUT2D eigenvalue weighted by molar-refractivity contribution is 7.80. The van der Waals surface area contributed by atoms with Crippen LogP contribution < -0.4 is 5.32 Å². The summed E-state index contributed by atoms with van der Waals surface area (Å²) in [5.41, 5.74) is 1.28. The molecule has 0 saturated carbocycles. The topological polar surface area (TPSA) is 12.0 Å². The van der Waals surface area contributed by atoms with Crippen molar-refractivity contribution in [3.8, 4) is 0 Å². The van der Waals surface area contributed by atoms with E-state index < -0.39 is 0 Å². The summed E-state index contributed by atoms with van der Waals surface area (Å²) in [7, 11) is 0. The molecule has 2 heteroatoms. The van der Waals surface area contributed by atoms with Crippen molar-refractivity contribution in [2.75, 3.05) is 0 Å². The fourth-order valence-corrected chi connectivity index (χ4v) is 1.95. The molecule has 0 bridgehead atoms. The van der Waals surface area contributed by atoms with Crippen LogP contribution in [0.5, 0.6) is 0 Å². The fourth-order valence-electron chi connectivity index (χ4n) is 1.82. The first-order valence-corrected chi connectivity index (χ1v) is 7.23. The average molecular weight is 265 g/mol. The van der Waals surface area contributed by atoms with Crippen LogP contribution in [0.4, 0.5) is 0 Å². The third kappa shape index (κ3) is 9.17. The monoisotopic (exact) mass is 265 g/mol. The van der Waals surface area contributed by atoms with Gasteiger partial charge in [0.05, 0.1) is 4.99 Å². The molecule has 0 saturated heterocycles. The van der Waals surface area contributed by atoms with Crippen molar-refractivity contribution in [3.05, 3.63) is 36.6 Å². The van der Waals surface area contributed by atoms with E-state index in [2.05, 4.69) is 44.0 Å². The van der Waals surface area contributed by atoms with Crippen LogP contribution in [-0.4, -0.2) is 4.99 Å². The molecule has 102 valence electrons. The molecule has 0 aromatic rings. The Bertz CT molecular complexity index is 302. The quantitative estimate of drug-likeness (QED) is 0.557. The summed E-state index contributed by atoms with van der Waals surface area (Å²) in [6, 6.07) is 0. The standard InChI is InChI=1S/C12H19NS.C4H8/c1-3-12(13-10(2)14)9-11-7-5-4-6-8-11;1-3-4-2/h3-5,11H,6-9H2,1-2H3,(H,13,14);3H,1,4H2,2H3/b12-3-;. The lowest BCUT2D eigenvalue weighted by Crippen LogP contribution is -2.20. The zero-order valence-electron chi connectivity index (χ0n) is 12.0. The van der Waals surface area contributed by atoms with Gasteiger partial charge in [-0.1, -0.05) is 43.4 Å². The van der Waals surface area contributed by atoms with Crippen molar-refractivity contribution in [1.82, 2.24) is 5.32 Å². The summed E-state index contributed by atoms with van der Waals surface area (Å²) in [6.45, 7) is 9.54. The molecular weight excluding hydrogens is 238 g/mol. The molecular formula is C16H27NS. The smallest absolute Gasteiger partial charge is 0.0763 e.